The number of hydrogen-bond acceptors (Lipinski definition) is 3. The lowest BCUT2D eigenvalue weighted by molar-refractivity contribution is 1.08. The Balaban J connectivity index is 1.07. The highest BCUT2D eigenvalue weighted by Gasteiger charge is 2.15. The number of rotatable bonds is 6. The van der Waals surface area contributed by atoms with Crippen LogP contribution in [0.25, 0.3) is 99.9 Å². The molecule has 0 saturated carbocycles. The van der Waals surface area contributed by atoms with Crippen molar-refractivity contribution >= 4 is 32.3 Å². The van der Waals surface area contributed by atoms with E-state index in [1.807, 2.05) is 12.1 Å². The van der Waals surface area contributed by atoms with Crippen molar-refractivity contribution in [2.45, 2.75) is 0 Å². The molecule has 0 amide bonds. The summed E-state index contributed by atoms with van der Waals surface area (Å²) in [4.78, 5) is 15.3. The molecule has 0 N–H and O–H groups in total. The van der Waals surface area contributed by atoms with Gasteiger partial charge in [0.2, 0.25) is 0 Å². The quantitative estimate of drug-likeness (QED) is 0.175. The van der Waals surface area contributed by atoms with E-state index in [1.54, 1.807) is 0 Å². The Kier molecular flexibility index (Phi) is 7.81. The summed E-state index contributed by atoms with van der Waals surface area (Å²) < 4.78 is 0. The highest BCUT2D eigenvalue weighted by molar-refractivity contribution is 5.97. The van der Waals surface area contributed by atoms with Crippen LogP contribution < -0.4 is 0 Å². The fourth-order valence-corrected chi connectivity index (χ4v) is 7.43. The maximum Gasteiger partial charge on any atom is 0.164 e. The van der Waals surface area contributed by atoms with Crippen LogP contribution in [0.1, 0.15) is 0 Å². The number of nitrogens with zero attached hydrogens (tertiary/aromatic N) is 3. The molecule has 3 nitrogen and oxygen atoms in total. The topological polar surface area (TPSA) is 38.7 Å². The normalized spacial score (nSPS) is 11.3. The minimum absolute atomic E-state index is 0.638. The van der Waals surface area contributed by atoms with Gasteiger partial charge in [0.05, 0.1) is 0 Å². The van der Waals surface area contributed by atoms with E-state index >= 15 is 0 Å². The second kappa shape index (κ2) is 13.4. The predicted octanol–water partition coefficient (Wildman–Crippen LogP) is 13.3. The Labute approximate surface area is 313 Å². The van der Waals surface area contributed by atoms with Crippen LogP contribution in [0.5, 0.6) is 0 Å². The summed E-state index contributed by atoms with van der Waals surface area (Å²) in [6, 6.07) is 70.7. The molecule has 10 rings (SSSR count). The minimum atomic E-state index is 0.638. The van der Waals surface area contributed by atoms with Crippen molar-refractivity contribution in [3.8, 4) is 67.5 Å². The van der Waals surface area contributed by atoms with Crippen molar-refractivity contribution in [1.29, 1.82) is 0 Å². The second-order valence-corrected chi connectivity index (χ2v) is 13.7. The van der Waals surface area contributed by atoms with E-state index in [-0.39, 0.29) is 0 Å². The summed E-state index contributed by atoms with van der Waals surface area (Å²) in [6.07, 6.45) is 0. The number of fused-ring (bicyclic) bond motifs is 3. The van der Waals surface area contributed by atoms with Gasteiger partial charge in [0, 0.05) is 16.7 Å². The van der Waals surface area contributed by atoms with Gasteiger partial charge in [-0.1, -0.05) is 176 Å². The fourth-order valence-electron chi connectivity index (χ4n) is 7.43. The third-order valence-electron chi connectivity index (χ3n) is 10.3. The summed E-state index contributed by atoms with van der Waals surface area (Å²) >= 11 is 0. The van der Waals surface area contributed by atoms with Crippen molar-refractivity contribution in [2.75, 3.05) is 0 Å². The van der Waals surface area contributed by atoms with Gasteiger partial charge in [0.15, 0.2) is 17.5 Å². The van der Waals surface area contributed by atoms with E-state index < -0.39 is 0 Å². The lowest BCUT2D eigenvalue weighted by atomic mass is 9.97. The summed E-state index contributed by atoms with van der Waals surface area (Å²) in [5.41, 5.74) is 9.97. The molecule has 252 valence electrons. The van der Waals surface area contributed by atoms with Gasteiger partial charge in [-0.05, 0) is 90.0 Å². The van der Waals surface area contributed by atoms with Gasteiger partial charge in [-0.15, -0.1) is 0 Å². The molecule has 54 heavy (non-hydrogen) atoms. The first-order valence-corrected chi connectivity index (χ1v) is 18.3. The molecule has 0 aliphatic carbocycles. The van der Waals surface area contributed by atoms with E-state index in [0.717, 1.165) is 33.0 Å². The molecule has 0 aliphatic heterocycles. The van der Waals surface area contributed by atoms with Gasteiger partial charge in [0.25, 0.3) is 0 Å². The van der Waals surface area contributed by atoms with Gasteiger partial charge < -0.3 is 0 Å². The predicted molar refractivity (Wildman–Crippen MR) is 225 cm³/mol. The molecule has 0 spiro atoms. The Morgan fingerprint density at radius 3 is 1.15 bits per heavy atom. The smallest absolute Gasteiger partial charge is 0.164 e. The first kappa shape index (κ1) is 31.5. The first-order valence-electron chi connectivity index (χ1n) is 18.3. The average Bonchev–Trinajstić information content (AvgIpc) is 3.26. The van der Waals surface area contributed by atoms with Crippen LogP contribution in [-0.2, 0) is 0 Å². The fraction of sp³-hybridized carbons (Fsp3) is 0. The van der Waals surface area contributed by atoms with E-state index in [0.29, 0.717) is 17.5 Å². The molecule has 0 bridgehead atoms. The average molecular weight is 688 g/mol. The molecular weight excluding hydrogens is 655 g/mol. The molecule has 1 heterocycles. The summed E-state index contributed by atoms with van der Waals surface area (Å²) in [7, 11) is 0. The van der Waals surface area contributed by atoms with Gasteiger partial charge in [-0.3, -0.25) is 0 Å². The molecular formula is C51H33N3. The largest absolute Gasteiger partial charge is 0.208 e. The zero-order valence-corrected chi connectivity index (χ0v) is 29.4. The lowest BCUT2D eigenvalue weighted by Crippen LogP contribution is -2.00. The Bertz CT molecular complexity index is 2820. The van der Waals surface area contributed by atoms with Crippen molar-refractivity contribution < 1.29 is 0 Å². The Hall–Kier alpha value is -7.23. The van der Waals surface area contributed by atoms with Crippen molar-refractivity contribution in [3.05, 3.63) is 200 Å². The number of aromatic nitrogens is 3. The maximum atomic E-state index is 5.12. The molecule has 0 fully saturated rings. The van der Waals surface area contributed by atoms with Crippen LogP contribution in [0.3, 0.4) is 0 Å². The molecule has 1 aromatic heterocycles. The Morgan fingerprint density at radius 2 is 0.611 bits per heavy atom. The maximum absolute atomic E-state index is 5.12. The lowest BCUT2D eigenvalue weighted by Gasteiger charge is -2.11. The van der Waals surface area contributed by atoms with Crippen molar-refractivity contribution in [3.63, 3.8) is 0 Å². The van der Waals surface area contributed by atoms with Crippen LogP contribution in [0.15, 0.2) is 200 Å². The van der Waals surface area contributed by atoms with E-state index in [9.17, 15) is 0 Å². The van der Waals surface area contributed by atoms with E-state index in [4.69, 9.17) is 15.0 Å². The van der Waals surface area contributed by atoms with E-state index in [2.05, 4.69) is 188 Å². The van der Waals surface area contributed by atoms with Crippen LogP contribution in [0.4, 0.5) is 0 Å². The molecule has 9 aromatic carbocycles. The molecule has 0 radical (unpaired) electrons. The molecule has 0 unspecified atom stereocenters. The number of benzene rings is 9. The van der Waals surface area contributed by atoms with Gasteiger partial charge >= 0.3 is 0 Å². The van der Waals surface area contributed by atoms with Crippen LogP contribution in [0.2, 0.25) is 0 Å². The third kappa shape index (κ3) is 5.98. The SMILES string of the molecule is c1ccc(-c2ccc3cc(-c4nc(-c5ccc(-c6cccc7ccccc67)cc5)nc(-c5ccc6cc(-c7ccccc7)ccc6c5)n4)ccc3c2)cc1. The van der Waals surface area contributed by atoms with Crippen molar-refractivity contribution in [2.24, 2.45) is 0 Å². The van der Waals surface area contributed by atoms with Gasteiger partial charge in [0.1, 0.15) is 0 Å². The monoisotopic (exact) mass is 687 g/mol. The molecule has 0 atom stereocenters. The van der Waals surface area contributed by atoms with Crippen LogP contribution >= 0.6 is 0 Å². The second-order valence-electron chi connectivity index (χ2n) is 13.7. The van der Waals surface area contributed by atoms with Crippen LogP contribution in [-0.4, -0.2) is 15.0 Å². The molecule has 10 aromatic rings. The van der Waals surface area contributed by atoms with Crippen LogP contribution in [0, 0.1) is 0 Å². The minimum Gasteiger partial charge on any atom is -0.208 e. The van der Waals surface area contributed by atoms with Gasteiger partial charge in [-0.25, -0.2) is 15.0 Å². The zero-order valence-electron chi connectivity index (χ0n) is 29.4. The van der Waals surface area contributed by atoms with E-state index in [1.165, 1.54) is 49.4 Å². The summed E-state index contributed by atoms with van der Waals surface area (Å²) in [6.45, 7) is 0. The highest BCUT2D eigenvalue weighted by Crippen LogP contribution is 2.34. The van der Waals surface area contributed by atoms with Crippen molar-refractivity contribution in [1.82, 2.24) is 15.0 Å². The zero-order chi connectivity index (χ0) is 35.8. The molecule has 3 heteroatoms. The first-order chi connectivity index (χ1) is 26.7. The summed E-state index contributed by atoms with van der Waals surface area (Å²) in [5, 5.41) is 7.07. The number of hydrogen-bond donors (Lipinski definition) is 0. The van der Waals surface area contributed by atoms with Gasteiger partial charge in [-0.2, -0.15) is 0 Å². The summed E-state index contributed by atoms with van der Waals surface area (Å²) in [5.74, 6) is 1.92. The standard InChI is InChI=1S/C51H33N3/c1-3-10-34(11-4-1)39-22-24-43-32-45(28-26-41(43)30-39)50-52-49(38-20-18-37(19-21-38)48-17-9-15-36-14-7-8-16-47(36)48)53-51(54-50)46-29-27-42-31-40(23-25-44(42)33-46)35-12-5-2-6-13-35/h1-33H. The molecule has 0 aliphatic rings. The molecule has 0 saturated heterocycles. The third-order valence-corrected chi connectivity index (χ3v) is 10.3. The highest BCUT2D eigenvalue weighted by atomic mass is 15.0. The Morgan fingerprint density at radius 1 is 0.222 bits per heavy atom.